The van der Waals surface area contributed by atoms with Crippen LogP contribution in [0.25, 0.3) is 0 Å². The standard InChI is InChI=1S/C6H11O.C2H6.CH3.K/c1-6-2-4-7-5-3-6;1-2;;/h2-5H2,1H3;1-2H3;1H3;/q-1;;-1;+1. The van der Waals surface area contributed by atoms with Gasteiger partial charge >= 0.3 is 51.4 Å². The van der Waals surface area contributed by atoms with E-state index in [2.05, 4.69) is 6.92 Å². The van der Waals surface area contributed by atoms with E-state index in [0.717, 1.165) is 13.2 Å². The van der Waals surface area contributed by atoms with Gasteiger partial charge in [-0.3, -0.25) is 0 Å². The molecule has 1 fully saturated rings. The van der Waals surface area contributed by atoms with Gasteiger partial charge in [0.15, 0.2) is 0 Å². The summed E-state index contributed by atoms with van der Waals surface area (Å²) < 4.78 is 5.12. The molecule has 0 bridgehead atoms. The Hall–Kier alpha value is 1.60. The van der Waals surface area contributed by atoms with Crippen molar-refractivity contribution in [2.45, 2.75) is 33.6 Å². The zero-order valence-corrected chi connectivity index (χ0v) is 11.9. The Kier molecular flexibility index (Phi) is 23.6. The van der Waals surface area contributed by atoms with Crippen LogP contribution in [0.4, 0.5) is 0 Å². The van der Waals surface area contributed by atoms with Gasteiger partial charge in [0, 0.05) is 13.2 Å². The molecular weight excluding hydrogens is 163 g/mol. The van der Waals surface area contributed by atoms with E-state index in [9.17, 15) is 0 Å². The predicted octanol–water partition coefficient (Wildman–Crippen LogP) is -0.128. The summed E-state index contributed by atoms with van der Waals surface area (Å²) in [5, 5.41) is 0. The molecular formula is C9H20KO-. The Labute approximate surface area is 115 Å². The summed E-state index contributed by atoms with van der Waals surface area (Å²) in [5.74, 6) is 1.59. The normalized spacial score (nSPS) is 16.6. The summed E-state index contributed by atoms with van der Waals surface area (Å²) in [6.45, 7) is 8.10. The molecule has 0 aliphatic carbocycles. The van der Waals surface area contributed by atoms with Gasteiger partial charge in [0.1, 0.15) is 0 Å². The van der Waals surface area contributed by atoms with Crippen LogP contribution in [-0.2, 0) is 4.74 Å². The average Bonchev–Trinajstić information content (AvgIpc) is 1.94. The van der Waals surface area contributed by atoms with Crippen LogP contribution in [0.3, 0.4) is 0 Å². The second-order valence-corrected chi connectivity index (χ2v) is 2.07. The third kappa shape index (κ3) is 11.6. The molecule has 0 atom stereocenters. The Morgan fingerprint density at radius 1 is 1.09 bits per heavy atom. The SMILES string of the molecule is CC.C[C-]1CCOCC1.[CH3-].[K+]. The molecule has 64 valence electrons. The molecule has 2 heteroatoms. The fourth-order valence-corrected chi connectivity index (χ4v) is 0.720. The molecule has 1 nitrogen and oxygen atoms in total. The molecule has 0 N–H and O–H groups in total. The smallest absolute Gasteiger partial charge is 0.387 e. The van der Waals surface area contributed by atoms with E-state index < -0.39 is 0 Å². The van der Waals surface area contributed by atoms with Crippen LogP contribution in [0, 0.1) is 13.3 Å². The van der Waals surface area contributed by atoms with Crippen molar-refractivity contribution in [2.24, 2.45) is 0 Å². The summed E-state index contributed by atoms with van der Waals surface area (Å²) in [5.41, 5.74) is 0. The van der Waals surface area contributed by atoms with E-state index >= 15 is 0 Å². The number of ether oxygens (including phenoxy) is 1. The van der Waals surface area contributed by atoms with E-state index in [0.29, 0.717) is 0 Å². The van der Waals surface area contributed by atoms with Crippen LogP contribution in [0.5, 0.6) is 0 Å². The van der Waals surface area contributed by atoms with Crippen molar-refractivity contribution < 1.29 is 56.1 Å². The van der Waals surface area contributed by atoms with E-state index in [1.165, 1.54) is 12.8 Å². The molecule has 0 saturated carbocycles. The van der Waals surface area contributed by atoms with Crippen molar-refractivity contribution in [3.8, 4) is 0 Å². The van der Waals surface area contributed by atoms with E-state index in [1.807, 2.05) is 13.8 Å². The second-order valence-electron chi connectivity index (χ2n) is 2.07. The van der Waals surface area contributed by atoms with Gasteiger partial charge in [-0.2, -0.15) is 19.8 Å². The van der Waals surface area contributed by atoms with Crippen LogP contribution >= 0.6 is 0 Å². The Balaban J connectivity index is -0.000000149. The van der Waals surface area contributed by atoms with Crippen molar-refractivity contribution in [3.05, 3.63) is 13.3 Å². The van der Waals surface area contributed by atoms with E-state index in [-0.39, 0.29) is 58.8 Å². The van der Waals surface area contributed by atoms with Crippen molar-refractivity contribution in [1.82, 2.24) is 0 Å². The zero-order chi connectivity index (χ0) is 7.11. The molecule has 11 heavy (non-hydrogen) atoms. The van der Waals surface area contributed by atoms with Gasteiger partial charge in [0.25, 0.3) is 0 Å². The van der Waals surface area contributed by atoms with Crippen LogP contribution < -0.4 is 51.4 Å². The van der Waals surface area contributed by atoms with Crippen molar-refractivity contribution in [3.63, 3.8) is 0 Å². The van der Waals surface area contributed by atoms with Crippen molar-refractivity contribution >= 4 is 0 Å². The first-order chi connectivity index (χ1) is 4.39. The predicted molar refractivity (Wildman–Crippen MR) is 46.7 cm³/mol. The molecule has 1 rings (SSSR count). The topological polar surface area (TPSA) is 9.23 Å². The van der Waals surface area contributed by atoms with Crippen molar-refractivity contribution in [1.29, 1.82) is 0 Å². The van der Waals surface area contributed by atoms with E-state index in [4.69, 9.17) is 4.74 Å². The molecule has 0 aromatic carbocycles. The van der Waals surface area contributed by atoms with Gasteiger partial charge in [0.05, 0.1) is 0 Å². The molecule has 0 aromatic rings. The maximum absolute atomic E-state index is 5.12. The summed E-state index contributed by atoms with van der Waals surface area (Å²) >= 11 is 0. The summed E-state index contributed by atoms with van der Waals surface area (Å²) in [4.78, 5) is 0. The first kappa shape index (κ1) is 18.4. The summed E-state index contributed by atoms with van der Waals surface area (Å²) in [6, 6.07) is 0. The molecule has 0 aromatic heterocycles. The van der Waals surface area contributed by atoms with Gasteiger partial charge in [-0.05, 0) is 0 Å². The summed E-state index contributed by atoms with van der Waals surface area (Å²) in [6.07, 6.45) is 2.36. The fourth-order valence-electron chi connectivity index (χ4n) is 0.720. The number of hydrogen-bond donors (Lipinski definition) is 0. The van der Waals surface area contributed by atoms with Crippen molar-refractivity contribution in [2.75, 3.05) is 13.2 Å². The zero-order valence-electron chi connectivity index (χ0n) is 8.74. The first-order valence-corrected chi connectivity index (χ1v) is 3.78. The monoisotopic (exact) mass is 183 g/mol. The molecule has 1 saturated heterocycles. The second kappa shape index (κ2) is 14.1. The molecule has 0 spiro atoms. The van der Waals surface area contributed by atoms with Crippen LogP contribution in [0.1, 0.15) is 33.6 Å². The van der Waals surface area contributed by atoms with Gasteiger partial charge in [-0.15, -0.1) is 0 Å². The first-order valence-electron chi connectivity index (χ1n) is 3.78. The number of hydrogen-bond acceptors (Lipinski definition) is 1. The Morgan fingerprint density at radius 3 is 1.64 bits per heavy atom. The average molecular weight is 183 g/mol. The van der Waals surface area contributed by atoms with Gasteiger partial charge in [0.2, 0.25) is 0 Å². The quantitative estimate of drug-likeness (QED) is 0.376. The molecule has 0 radical (unpaired) electrons. The minimum Gasteiger partial charge on any atom is -0.387 e. The van der Waals surface area contributed by atoms with Gasteiger partial charge in [-0.25, -0.2) is 0 Å². The molecule has 0 amide bonds. The summed E-state index contributed by atoms with van der Waals surface area (Å²) in [7, 11) is 0. The van der Waals surface area contributed by atoms with Crippen LogP contribution in [-0.4, -0.2) is 13.2 Å². The molecule has 1 aliphatic rings. The number of rotatable bonds is 0. The van der Waals surface area contributed by atoms with Crippen LogP contribution in [0.2, 0.25) is 0 Å². The third-order valence-electron chi connectivity index (χ3n) is 1.35. The minimum absolute atomic E-state index is 0. The Bertz CT molecular complexity index is 51.5. The van der Waals surface area contributed by atoms with Gasteiger partial charge in [-0.1, -0.05) is 13.8 Å². The molecule has 0 unspecified atom stereocenters. The third-order valence-corrected chi connectivity index (χ3v) is 1.35. The van der Waals surface area contributed by atoms with E-state index in [1.54, 1.807) is 5.92 Å². The maximum Gasteiger partial charge on any atom is 1.00 e. The maximum atomic E-state index is 5.12. The minimum atomic E-state index is 0. The largest absolute Gasteiger partial charge is 1.00 e. The van der Waals surface area contributed by atoms with Gasteiger partial charge < -0.3 is 18.1 Å². The van der Waals surface area contributed by atoms with Crippen LogP contribution in [0.15, 0.2) is 0 Å². The fraction of sp³-hybridized carbons (Fsp3) is 0.778. The molecule has 1 heterocycles. The molecule has 1 aliphatic heterocycles. The Morgan fingerprint density at radius 2 is 1.45 bits per heavy atom.